The Labute approximate surface area is 162 Å². The average molecular weight is 387 g/mol. The van der Waals surface area contributed by atoms with Crippen molar-refractivity contribution in [2.75, 3.05) is 25.6 Å². The number of anilines is 1. The molecule has 2 heterocycles. The molecule has 1 unspecified atom stereocenters. The summed E-state index contributed by atoms with van der Waals surface area (Å²) in [6.45, 7) is 0.898. The summed E-state index contributed by atoms with van der Waals surface area (Å²) in [5.41, 5.74) is 2.01. The summed E-state index contributed by atoms with van der Waals surface area (Å²) >= 11 is 0. The number of nitrogens with zero attached hydrogens (tertiary/aromatic N) is 2. The second-order valence-corrected chi connectivity index (χ2v) is 6.22. The smallest absolute Gasteiger partial charge is 0.337 e. The zero-order chi connectivity index (χ0) is 19.8. The lowest BCUT2D eigenvalue weighted by atomic mass is 10.1. The highest BCUT2D eigenvalue weighted by Crippen LogP contribution is 2.15. The van der Waals surface area contributed by atoms with Gasteiger partial charge in [-0.15, -0.1) is 0 Å². The molecule has 0 bridgehead atoms. The number of oxime groups is 1. The highest BCUT2D eigenvalue weighted by atomic mass is 19.1. The van der Waals surface area contributed by atoms with Crippen LogP contribution in [0, 0.1) is 5.82 Å². The average Bonchev–Trinajstić information content (AvgIpc) is 2.75. The van der Waals surface area contributed by atoms with Gasteiger partial charge in [0.05, 0.1) is 31.5 Å². The standard InChI is InChI=1S/C20H22FN3O4/c1-26-20(25)14-9-10-22-17(12-14)18(24-28-19-4-2-3-11-27-19)13-23-16-7-5-15(21)6-8-16/h5-10,12,19,23H,2-4,11,13H2,1H3/b24-18+. The van der Waals surface area contributed by atoms with Gasteiger partial charge in [-0.3, -0.25) is 4.98 Å². The molecule has 7 nitrogen and oxygen atoms in total. The molecular weight excluding hydrogens is 365 g/mol. The summed E-state index contributed by atoms with van der Waals surface area (Å²) in [7, 11) is 1.32. The maximum Gasteiger partial charge on any atom is 0.337 e. The number of carbonyl (C=O) groups is 1. The summed E-state index contributed by atoms with van der Waals surface area (Å²) in [5.74, 6) is -0.782. The summed E-state index contributed by atoms with van der Waals surface area (Å²) in [6.07, 6.45) is 3.88. The zero-order valence-corrected chi connectivity index (χ0v) is 15.6. The van der Waals surface area contributed by atoms with Crippen LogP contribution in [0.3, 0.4) is 0 Å². The van der Waals surface area contributed by atoms with E-state index in [1.54, 1.807) is 24.3 Å². The Morgan fingerprint density at radius 1 is 1.32 bits per heavy atom. The fourth-order valence-corrected chi connectivity index (χ4v) is 2.67. The number of aromatic nitrogens is 1. The van der Waals surface area contributed by atoms with Crippen LogP contribution in [-0.2, 0) is 14.3 Å². The van der Waals surface area contributed by atoms with Gasteiger partial charge in [-0.2, -0.15) is 0 Å². The number of carbonyl (C=O) groups excluding carboxylic acids is 1. The lowest BCUT2D eigenvalue weighted by molar-refractivity contribution is -0.162. The number of nitrogens with one attached hydrogen (secondary N) is 1. The molecule has 0 spiro atoms. The van der Waals surface area contributed by atoms with E-state index in [0.29, 0.717) is 29.3 Å². The van der Waals surface area contributed by atoms with Crippen LogP contribution >= 0.6 is 0 Å². The fourth-order valence-electron chi connectivity index (χ4n) is 2.67. The maximum atomic E-state index is 13.1. The van der Waals surface area contributed by atoms with Gasteiger partial charge < -0.3 is 19.6 Å². The fraction of sp³-hybridized carbons (Fsp3) is 0.350. The monoisotopic (exact) mass is 387 g/mol. The number of ether oxygens (including phenoxy) is 2. The first-order valence-corrected chi connectivity index (χ1v) is 9.04. The highest BCUT2D eigenvalue weighted by Gasteiger charge is 2.17. The Balaban J connectivity index is 1.78. The van der Waals surface area contributed by atoms with Gasteiger partial charge in [0.1, 0.15) is 11.5 Å². The van der Waals surface area contributed by atoms with Crippen molar-refractivity contribution in [1.29, 1.82) is 0 Å². The van der Waals surface area contributed by atoms with Crippen LogP contribution < -0.4 is 5.32 Å². The molecule has 1 fully saturated rings. The zero-order valence-electron chi connectivity index (χ0n) is 15.6. The largest absolute Gasteiger partial charge is 0.465 e. The topological polar surface area (TPSA) is 82.0 Å². The molecule has 0 amide bonds. The highest BCUT2D eigenvalue weighted by molar-refractivity contribution is 6.03. The molecule has 148 valence electrons. The second-order valence-electron chi connectivity index (χ2n) is 6.22. The SMILES string of the molecule is COC(=O)c1ccnc(/C(CNc2ccc(F)cc2)=N/OC2CCCCO2)c1. The summed E-state index contributed by atoms with van der Waals surface area (Å²) in [5, 5.41) is 7.36. The minimum atomic E-state index is -0.467. The van der Waals surface area contributed by atoms with E-state index in [9.17, 15) is 9.18 Å². The minimum absolute atomic E-state index is 0.260. The third-order valence-corrected chi connectivity index (χ3v) is 4.20. The lowest BCUT2D eigenvalue weighted by Gasteiger charge is -2.20. The Kier molecular flexibility index (Phi) is 6.91. The van der Waals surface area contributed by atoms with Crippen LogP contribution in [0.1, 0.15) is 35.3 Å². The van der Waals surface area contributed by atoms with Gasteiger partial charge in [0, 0.05) is 18.3 Å². The molecular formula is C20H22FN3O4. The van der Waals surface area contributed by atoms with Crippen molar-refractivity contribution in [3.8, 4) is 0 Å². The van der Waals surface area contributed by atoms with E-state index in [1.165, 1.54) is 25.4 Å². The van der Waals surface area contributed by atoms with Gasteiger partial charge in [-0.25, -0.2) is 9.18 Å². The molecule has 1 aromatic heterocycles. The number of rotatable bonds is 7. The first-order chi connectivity index (χ1) is 13.7. The van der Waals surface area contributed by atoms with E-state index < -0.39 is 12.3 Å². The molecule has 1 N–H and O–H groups in total. The molecule has 0 saturated carbocycles. The van der Waals surface area contributed by atoms with Crippen molar-refractivity contribution in [1.82, 2.24) is 4.98 Å². The number of pyridine rings is 1. The van der Waals surface area contributed by atoms with Gasteiger partial charge >= 0.3 is 5.97 Å². The maximum absolute atomic E-state index is 13.1. The number of hydrogen-bond acceptors (Lipinski definition) is 7. The number of benzene rings is 1. The minimum Gasteiger partial charge on any atom is -0.465 e. The van der Waals surface area contributed by atoms with E-state index in [0.717, 1.165) is 19.3 Å². The Morgan fingerprint density at radius 2 is 2.14 bits per heavy atom. The van der Waals surface area contributed by atoms with Crippen LogP contribution in [0.2, 0.25) is 0 Å². The van der Waals surface area contributed by atoms with Gasteiger partial charge in [0.25, 0.3) is 0 Å². The van der Waals surface area contributed by atoms with Crippen molar-refractivity contribution in [2.24, 2.45) is 5.16 Å². The Bertz CT molecular complexity index is 820. The van der Waals surface area contributed by atoms with E-state index >= 15 is 0 Å². The summed E-state index contributed by atoms with van der Waals surface area (Å²) in [4.78, 5) is 21.6. The van der Waals surface area contributed by atoms with Gasteiger partial charge in [0.15, 0.2) is 0 Å². The van der Waals surface area contributed by atoms with E-state index in [4.69, 9.17) is 14.3 Å². The summed E-state index contributed by atoms with van der Waals surface area (Å²) < 4.78 is 23.4. The van der Waals surface area contributed by atoms with Crippen LogP contribution in [0.15, 0.2) is 47.8 Å². The predicted octanol–water partition coefficient (Wildman–Crippen LogP) is 3.37. The van der Waals surface area contributed by atoms with Gasteiger partial charge in [-0.1, -0.05) is 5.16 Å². The first-order valence-electron chi connectivity index (χ1n) is 9.04. The molecule has 1 saturated heterocycles. The molecule has 1 aromatic carbocycles. The number of methoxy groups -OCH3 is 1. The Hall–Kier alpha value is -3.00. The van der Waals surface area contributed by atoms with Gasteiger partial charge in [0.2, 0.25) is 6.29 Å². The molecule has 28 heavy (non-hydrogen) atoms. The van der Waals surface area contributed by atoms with E-state index in [2.05, 4.69) is 15.5 Å². The molecule has 1 aliphatic rings. The van der Waals surface area contributed by atoms with Crippen LogP contribution in [-0.4, -0.2) is 43.2 Å². The van der Waals surface area contributed by atoms with Crippen LogP contribution in [0.25, 0.3) is 0 Å². The van der Waals surface area contributed by atoms with Crippen LogP contribution in [0.4, 0.5) is 10.1 Å². The van der Waals surface area contributed by atoms with E-state index in [1.807, 2.05) is 0 Å². The molecule has 8 heteroatoms. The van der Waals surface area contributed by atoms with Crippen molar-refractivity contribution in [3.63, 3.8) is 0 Å². The van der Waals surface area contributed by atoms with Crippen molar-refractivity contribution < 1.29 is 23.5 Å². The van der Waals surface area contributed by atoms with Crippen LogP contribution in [0.5, 0.6) is 0 Å². The number of esters is 1. The van der Waals surface area contributed by atoms with Crippen molar-refractivity contribution in [3.05, 3.63) is 59.7 Å². The molecule has 0 radical (unpaired) electrons. The molecule has 2 aromatic rings. The number of hydrogen-bond donors (Lipinski definition) is 1. The third kappa shape index (κ3) is 5.50. The quantitative estimate of drug-likeness (QED) is 0.446. The Morgan fingerprint density at radius 3 is 2.86 bits per heavy atom. The number of halogens is 1. The van der Waals surface area contributed by atoms with E-state index in [-0.39, 0.29) is 12.4 Å². The second kappa shape index (κ2) is 9.80. The molecule has 1 atom stereocenters. The third-order valence-electron chi connectivity index (χ3n) is 4.20. The van der Waals surface area contributed by atoms with Gasteiger partial charge in [-0.05, 0) is 49.2 Å². The summed E-state index contributed by atoms with van der Waals surface area (Å²) in [6, 6.07) is 9.11. The molecule has 0 aliphatic carbocycles. The van der Waals surface area contributed by atoms with Crippen molar-refractivity contribution >= 4 is 17.4 Å². The predicted molar refractivity (Wildman–Crippen MR) is 102 cm³/mol. The molecule has 3 rings (SSSR count). The lowest BCUT2D eigenvalue weighted by Crippen LogP contribution is -2.23. The molecule has 1 aliphatic heterocycles. The van der Waals surface area contributed by atoms with Crippen molar-refractivity contribution in [2.45, 2.75) is 25.6 Å². The normalized spacial score (nSPS) is 17.1. The first kappa shape index (κ1) is 19.8.